The Morgan fingerprint density at radius 1 is 1.00 bits per heavy atom. The van der Waals surface area contributed by atoms with Gasteiger partial charge in [-0.15, -0.1) is 0 Å². The zero-order valence-electron chi connectivity index (χ0n) is 34.0. The molecule has 12 nitrogen and oxygen atoms in total. The fourth-order valence-corrected chi connectivity index (χ4v) is 12.5. The van der Waals surface area contributed by atoms with Crippen LogP contribution in [0.4, 0.5) is 32.2 Å². The number of benzene rings is 2. The normalized spacial score (nSPS) is 19.6. The number of nitrogens with one attached hydrogen (secondary N) is 2. The summed E-state index contributed by atoms with van der Waals surface area (Å²) in [5, 5.41) is 10.1. The summed E-state index contributed by atoms with van der Waals surface area (Å²) in [5.41, 5.74) is -0.964. The van der Waals surface area contributed by atoms with E-state index in [2.05, 4.69) is 32.1 Å². The molecule has 9 rings (SSSR count). The van der Waals surface area contributed by atoms with E-state index in [1.807, 2.05) is 22.6 Å². The molecule has 3 atom stereocenters. The predicted molar refractivity (Wildman–Crippen MR) is 233 cm³/mol. The summed E-state index contributed by atoms with van der Waals surface area (Å²) in [6.07, 6.45) is -1.64. The van der Waals surface area contributed by atoms with Crippen LogP contribution in [0.5, 0.6) is 0 Å². The van der Waals surface area contributed by atoms with Crippen LogP contribution in [0.2, 0.25) is 5.02 Å². The number of hydrogen-bond acceptors (Lipinski definition) is 8. The molecule has 0 saturated heterocycles. The minimum absolute atomic E-state index is 0.00255. The van der Waals surface area contributed by atoms with Crippen molar-refractivity contribution in [3.05, 3.63) is 90.5 Å². The summed E-state index contributed by atoms with van der Waals surface area (Å²) in [4.78, 5) is 19.1. The maximum atomic E-state index is 15.6. The van der Waals surface area contributed by atoms with Crippen molar-refractivity contribution in [1.82, 2.24) is 29.9 Å². The first-order valence-corrected chi connectivity index (χ1v) is 24.7. The van der Waals surface area contributed by atoms with Crippen molar-refractivity contribution in [2.45, 2.75) is 98.5 Å². The van der Waals surface area contributed by atoms with Gasteiger partial charge in [-0.3, -0.25) is 18.9 Å². The van der Waals surface area contributed by atoms with Crippen molar-refractivity contribution in [1.29, 1.82) is 0 Å². The van der Waals surface area contributed by atoms with Crippen LogP contribution in [-0.2, 0) is 50.6 Å². The molecular formula is C42H37ClF6IN7O5S2. The lowest BCUT2D eigenvalue weighted by molar-refractivity contribution is -0.123. The standard InChI is InChI=1S/C42H37ClF6IN7O5S2/c1-41(2,63(59,60)22-4-5-22)11-10-30-29(50)17-25(24-8-9-28(43)34-37(24)56(3)54-40(34)55-64(61,62)23-6-7-23)35(52-30)31(14-19-12-20(44)15-21(45)13-19)51-32(58)18-57-38-33(36(53-57)39(46)47)26-16-27(26)42(38,48)49/h8-9,12-13,15,17,22-23,26-27,31,39H,4-7,14,16,18H2,1-3H3,(H,51,58)(H,54,55)/t26-,27?,31-/m0/s1. The van der Waals surface area contributed by atoms with Gasteiger partial charge in [0.05, 0.1) is 38.2 Å². The Morgan fingerprint density at radius 3 is 2.31 bits per heavy atom. The highest BCUT2D eigenvalue weighted by atomic mass is 127. The maximum absolute atomic E-state index is 15.6. The SMILES string of the molecule is Cn1nc(NS(=O)(=O)C2CC2)c2c(Cl)ccc(-c3cc(I)c(C#CC(C)(C)S(=O)(=O)C4CC4)nc3[C@H](Cc3cc(F)cc(F)c3)NC(=O)Cn3nc(C(F)F)c4c3C(F)(F)C3C[C@H]43)c21. The number of aryl methyl sites for hydroxylation is 1. The number of pyridine rings is 1. The second-order valence-electron chi connectivity index (χ2n) is 17.2. The third kappa shape index (κ3) is 7.92. The van der Waals surface area contributed by atoms with Gasteiger partial charge in [0.2, 0.25) is 15.9 Å². The molecule has 3 heterocycles. The molecule has 22 heteroatoms. The number of rotatable bonds is 13. The monoisotopic (exact) mass is 1060 g/mol. The molecule has 1 amide bonds. The number of aromatic nitrogens is 5. The second-order valence-corrected chi connectivity index (χ2v) is 23.5. The number of amides is 1. The molecule has 0 radical (unpaired) electrons. The van der Waals surface area contributed by atoms with Crippen LogP contribution in [0.1, 0.15) is 98.2 Å². The van der Waals surface area contributed by atoms with Gasteiger partial charge in [0.1, 0.15) is 40.0 Å². The fraction of sp³-hybridized carbons (Fsp3) is 0.429. The van der Waals surface area contributed by atoms with Gasteiger partial charge in [0.25, 0.3) is 12.3 Å². The van der Waals surface area contributed by atoms with Crippen LogP contribution < -0.4 is 10.0 Å². The second kappa shape index (κ2) is 15.6. The van der Waals surface area contributed by atoms with Crippen molar-refractivity contribution < 1.29 is 48.0 Å². The Bertz CT molecular complexity index is 3090. The lowest BCUT2D eigenvalue weighted by Gasteiger charge is -2.24. The summed E-state index contributed by atoms with van der Waals surface area (Å²) in [7, 11) is -5.98. The Morgan fingerprint density at radius 2 is 1.67 bits per heavy atom. The van der Waals surface area contributed by atoms with E-state index >= 15 is 8.78 Å². The molecule has 338 valence electrons. The Kier molecular flexibility index (Phi) is 10.9. The summed E-state index contributed by atoms with van der Waals surface area (Å²) < 4.78 is 145. The number of halogens is 8. The van der Waals surface area contributed by atoms with Crippen molar-refractivity contribution in [2.75, 3.05) is 4.72 Å². The van der Waals surface area contributed by atoms with E-state index in [-0.39, 0.29) is 57.1 Å². The number of sulfonamides is 1. The van der Waals surface area contributed by atoms with E-state index in [4.69, 9.17) is 16.6 Å². The summed E-state index contributed by atoms with van der Waals surface area (Å²) in [6.45, 7) is 1.99. The molecule has 0 spiro atoms. The van der Waals surface area contributed by atoms with Gasteiger partial charge in [0, 0.05) is 39.3 Å². The molecule has 3 aromatic heterocycles. The topological polar surface area (TPSA) is 158 Å². The van der Waals surface area contributed by atoms with Crippen LogP contribution in [0.3, 0.4) is 0 Å². The number of anilines is 1. The quantitative estimate of drug-likeness (QED) is 0.0679. The van der Waals surface area contributed by atoms with E-state index in [1.54, 1.807) is 19.2 Å². The van der Waals surface area contributed by atoms with Gasteiger partial charge >= 0.3 is 0 Å². The zero-order valence-corrected chi connectivity index (χ0v) is 38.5. The third-order valence-electron chi connectivity index (χ3n) is 12.1. The Balaban J connectivity index is 1.21. The van der Waals surface area contributed by atoms with Gasteiger partial charge in [-0.1, -0.05) is 23.6 Å². The molecule has 5 aromatic rings. The molecule has 3 fully saturated rings. The summed E-state index contributed by atoms with van der Waals surface area (Å²) >= 11 is 8.68. The molecule has 1 unspecified atom stereocenters. The van der Waals surface area contributed by atoms with Crippen LogP contribution >= 0.6 is 34.2 Å². The van der Waals surface area contributed by atoms with Crippen molar-refractivity contribution in [3.8, 4) is 23.0 Å². The minimum Gasteiger partial charge on any atom is -0.346 e. The third-order valence-corrected chi connectivity index (χ3v) is 17.9. The number of sulfone groups is 1. The molecule has 4 aliphatic rings. The van der Waals surface area contributed by atoms with Gasteiger partial charge in [0.15, 0.2) is 15.7 Å². The average Bonchev–Trinajstić information content (AvgIpc) is 4.08. The van der Waals surface area contributed by atoms with Gasteiger partial charge < -0.3 is 5.32 Å². The van der Waals surface area contributed by atoms with E-state index < -0.39 is 101 Å². The minimum atomic E-state index is -3.83. The van der Waals surface area contributed by atoms with E-state index in [0.29, 0.717) is 51.1 Å². The molecule has 4 aliphatic carbocycles. The van der Waals surface area contributed by atoms with E-state index in [1.165, 1.54) is 24.6 Å². The smallest absolute Gasteiger partial charge is 0.293 e. The van der Waals surface area contributed by atoms with Crippen LogP contribution in [0.25, 0.3) is 22.0 Å². The number of fused-ring (bicyclic) bond motifs is 4. The van der Waals surface area contributed by atoms with Crippen LogP contribution in [-0.4, -0.2) is 62.5 Å². The molecular weight excluding hydrogens is 1020 g/mol. The van der Waals surface area contributed by atoms with E-state index in [9.17, 15) is 39.2 Å². The molecule has 0 aliphatic heterocycles. The highest BCUT2D eigenvalue weighted by Gasteiger charge is 2.67. The Hall–Kier alpha value is -4.40. The van der Waals surface area contributed by atoms with Gasteiger partial charge in [-0.2, -0.15) is 19.0 Å². The molecule has 0 bridgehead atoms. The fourth-order valence-electron chi connectivity index (χ4n) is 8.55. The number of alkyl halides is 4. The summed E-state index contributed by atoms with van der Waals surface area (Å²) in [5.74, 6) is -2.79. The maximum Gasteiger partial charge on any atom is 0.293 e. The zero-order chi connectivity index (χ0) is 46.0. The largest absolute Gasteiger partial charge is 0.346 e. The molecule has 3 saturated carbocycles. The average molecular weight is 1060 g/mol. The van der Waals surface area contributed by atoms with E-state index in [0.717, 1.165) is 12.1 Å². The van der Waals surface area contributed by atoms with Crippen LogP contribution in [0.15, 0.2) is 36.4 Å². The van der Waals surface area contributed by atoms with Crippen molar-refractivity contribution in [2.24, 2.45) is 13.0 Å². The number of carbonyl (C=O) groups is 1. The molecule has 64 heavy (non-hydrogen) atoms. The highest BCUT2D eigenvalue weighted by molar-refractivity contribution is 14.1. The summed E-state index contributed by atoms with van der Waals surface area (Å²) in [6, 6.07) is 5.99. The predicted octanol–water partition coefficient (Wildman–Crippen LogP) is 8.23. The van der Waals surface area contributed by atoms with Gasteiger partial charge in [-0.05, 0) is 117 Å². The molecule has 2 aromatic carbocycles. The first-order chi connectivity index (χ1) is 30.0. The molecule has 2 N–H and O–H groups in total. The van der Waals surface area contributed by atoms with Crippen molar-refractivity contribution in [3.63, 3.8) is 0 Å². The number of carbonyl (C=O) groups excluding carboxylic acids is 1. The first kappa shape index (κ1) is 44.8. The lowest BCUT2D eigenvalue weighted by Crippen LogP contribution is -2.35. The van der Waals surface area contributed by atoms with Crippen molar-refractivity contribution >= 4 is 76.7 Å². The Labute approximate surface area is 382 Å². The van der Waals surface area contributed by atoms with Crippen LogP contribution in [0, 0.1) is 33.0 Å². The lowest BCUT2D eigenvalue weighted by atomic mass is 9.93. The van der Waals surface area contributed by atoms with Gasteiger partial charge in [-0.25, -0.2) is 39.4 Å². The first-order valence-electron chi connectivity index (χ1n) is 20.1. The number of nitrogens with zero attached hydrogens (tertiary/aromatic N) is 5. The highest BCUT2D eigenvalue weighted by Crippen LogP contribution is 2.68. The number of hydrogen-bond donors (Lipinski definition) is 2.